The summed E-state index contributed by atoms with van der Waals surface area (Å²) in [5.41, 5.74) is 0.735. The summed E-state index contributed by atoms with van der Waals surface area (Å²) in [4.78, 5) is 12.6. The number of benzene rings is 2. The molecule has 0 aliphatic rings. The van der Waals surface area contributed by atoms with Gasteiger partial charge in [-0.3, -0.25) is 10.1 Å². The Kier molecular flexibility index (Phi) is 6.80. The van der Waals surface area contributed by atoms with Crippen LogP contribution in [-0.2, 0) is 10.0 Å². The van der Waals surface area contributed by atoms with Gasteiger partial charge in [-0.2, -0.15) is 4.31 Å². The third-order valence-electron chi connectivity index (χ3n) is 4.80. The van der Waals surface area contributed by atoms with Crippen LogP contribution in [0.3, 0.4) is 0 Å². The highest BCUT2D eigenvalue weighted by molar-refractivity contribution is 7.89. The van der Waals surface area contributed by atoms with Crippen LogP contribution in [0.2, 0.25) is 0 Å². The van der Waals surface area contributed by atoms with E-state index in [-0.39, 0.29) is 28.4 Å². The largest absolute Gasteiger partial charge is 0.497 e. The lowest BCUT2D eigenvalue weighted by Gasteiger charge is -2.20. The first-order valence-corrected chi connectivity index (χ1v) is 11.1. The van der Waals surface area contributed by atoms with Gasteiger partial charge in [-0.25, -0.2) is 8.42 Å². The molecule has 0 bridgehead atoms. The summed E-state index contributed by atoms with van der Waals surface area (Å²) in [5.74, 6) is 0.673. The molecule has 0 spiro atoms. The number of hydrogen-bond acceptors (Lipinski definition) is 8. The molecule has 11 heteroatoms. The van der Waals surface area contributed by atoms with Crippen molar-refractivity contribution in [1.29, 1.82) is 0 Å². The molecular formula is C21H24N4O6S. The second-order valence-corrected chi connectivity index (χ2v) is 9.07. The molecule has 3 aromatic rings. The molecule has 0 radical (unpaired) electrons. The Morgan fingerprint density at radius 3 is 2.34 bits per heavy atom. The molecule has 0 saturated carbocycles. The van der Waals surface area contributed by atoms with Crippen LogP contribution in [-0.4, -0.2) is 56.1 Å². The van der Waals surface area contributed by atoms with Crippen molar-refractivity contribution in [3.8, 4) is 23.0 Å². The van der Waals surface area contributed by atoms with Crippen LogP contribution in [0.5, 0.6) is 11.5 Å². The number of methoxy groups -OCH3 is 2. The number of amides is 1. The number of ether oxygens (including phenoxy) is 2. The Labute approximate surface area is 186 Å². The highest BCUT2D eigenvalue weighted by atomic mass is 32.2. The summed E-state index contributed by atoms with van der Waals surface area (Å²) >= 11 is 0. The van der Waals surface area contributed by atoms with Gasteiger partial charge in [0, 0.05) is 18.7 Å². The normalized spacial score (nSPS) is 11.6. The van der Waals surface area contributed by atoms with Crippen LogP contribution in [0.25, 0.3) is 11.5 Å². The highest BCUT2D eigenvalue weighted by Gasteiger charge is 2.23. The zero-order valence-electron chi connectivity index (χ0n) is 18.3. The molecule has 1 N–H and O–H groups in total. The summed E-state index contributed by atoms with van der Waals surface area (Å²) in [6, 6.07) is 10.4. The van der Waals surface area contributed by atoms with Crippen molar-refractivity contribution < 1.29 is 27.1 Å². The standard InChI is InChI=1S/C21H24N4O6S/c1-13(2)25(3)32(27,28)16-9-6-14(7-10-16)19(26)22-21-24-23-20(31-21)17-12-15(29-4)8-11-18(17)30-5/h6-13H,1-5H3,(H,22,24,26). The molecule has 0 atom stereocenters. The summed E-state index contributed by atoms with van der Waals surface area (Å²) in [5, 5.41) is 10.3. The fourth-order valence-corrected chi connectivity index (χ4v) is 4.12. The average Bonchev–Trinajstić information content (AvgIpc) is 3.26. The molecule has 2 aromatic carbocycles. The maximum Gasteiger partial charge on any atom is 0.322 e. The van der Waals surface area contributed by atoms with Crippen molar-refractivity contribution in [2.45, 2.75) is 24.8 Å². The topological polar surface area (TPSA) is 124 Å². The first kappa shape index (κ1) is 23.2. The zero-order valence-corrected chi connectivity index (χ0v) is 19.1. The Bertz CT molecular complexity index is 1210. The van der Waals surface area contributed by atoms with E-state index < -0.39 is 15.9 Å². The van der Waals surface area contributed by atoms with Gasteiger partial charge in [0.15, 0.2) is 0 Å². The molecule has 170 valence electrons. The molecular weight excluding hydrogens is 436 g/mol. The van der Waals surface area contributed by atoms with Gasteiger partial charge >= 0.3 is 6.01 Å². The van der Waals surface area contributed by atoms with E-state index in [2.05, 4.69) is 15.5 Å². The monoisotopic (exact) mass is 460 g/mol. The predicted octanol–water partition coefficient (Wildman–Crippen LogP) is 3.04. The molecule has 32 heavy (non-hydrogen) atoms. The van der Waals surface area contributed by atoms with E-state index in [0.29, 0.717) is 17.1 Å². The number of hydrogen-bond donors (Lipinski definition) is 1. The van der Waals surface area contributed by atoms with Crippen LogP contribution in [0.4, 0.5) is 6.01 Å². The maximum atomic E-state index is 12.6. The van der Waals surface area contributed by atoms with E-state index in [1.165, 1.54) is 49.8 Å². The van der Waals surface area contributed by atoms with Gasteiger partial charge in [0.2, 0.25) is 10.0 Å². The molecule has 0 aliphatic carbocycles. The molecule has 3 rings (SSSR count). The lowest BCUT2D eigenvalue weighted by molar-refractivity contribution is 0.102. The van der Waals surface area contributed by atoms with E-state index in [4.69, 9.17) is 13.9 Å². The van der Waals surface area contributed by atoms with Crippen LogP contribution < -0.4 is 14.8 Å². The van der Waals surface area contributed by atoms with E-state index in [0.717, 1.165) is 0 Å². The zero-order chi connectivity index (χ0) is 23.5. The van der Waals surface area contributed by atoms with Crippen LogP contribution >= 0.6 is 0 Å². The van der Waals surface area contributed by atoms with E-state index in [9.17, 15) is 13.2 Å². The van der Waals surface area contributed by atoms with Crippen LogP contribution in [0, 0.1) is 0 Å². The number of anilines is 1. The minimum atomic E-state index is -3.64. The lowest BCUT2D eigenvalue weighted by Crippen LogP contribution is -2.33. The van der Waals surface area contributed by atoms with Crippen molar-refractivity contribution in [1.82, 2.24) is 14.5 Å². The van der Waals surface area contributed by atoms with Gasteiger partial charge in [0.25, 0.3) is 11.8 Å². The first-order valence-electron chi connectivity index (χ1n) is 9.62. The molecule has 0 unspecified atom stereocenters. The lowest BCUT2D eigenvalue weighted by atomic mass is 10.2. The maximum absolute atomic E-state index is 12.6. The quantitative estimate of drug-likeness (QED) is 0.544. The fourth-order valence-electron chi connectivity index (χ4n) is 2.76. The number of carbonyl (C=O) groups is 1. The predicted molar refractivity (Wildman–Crippen MR) is 117 cm³/mol. The van der Waals surface area contributed by atoms with Crippen molar-refractivity contribution in [3.63, 3.8) is 0 Å². The number of sulfonamides is 1. The average molecular weight is 461 g/mol. The number of rotatable bonds is 8. The molecule has 10 nitrogen and oxygen atoms in total. The van der Waals surface area contributed by atoms with Crippen molar-refractivity contribution in [3.05, 3.63) is 48.0 Å². The van der Waals surface area contributed by atoms with Crippen molar-refractivity contribution >= 4 is 21.9 Å². The Hall–Kier alpha value is -3.44. The van der Waals surface area contributed by atoms with Crippen LogP contribution in [0.1, 0.15) is 24.2 Å². The first-order chi connectivity index (χ1) is 15.2. The molecule has 0 aliphatic heterocycles. The molecule has 0 fully saturated rings. The Morgan fingerprint density at radius 1 is 1.06 bits per heavy atom. The van der Waals surface area contributed by atoms with Crippen molar-refractivity contribution in [2.75, 3.05) is 26.6 Å². The smallest absolute Gasteiger partial charge is 0.322 e. The fraction of sp³-hybridized carbons (Fsp3) is 0.286. The second kappa shape index (κ2) is 9.37. The van der Waals surface area contributed by atoms with Gasteiger partial charge in [0.1, 0.15) is 11.5 Å². The number of carbonyl (C=O) groups excluding carboxylic acids is 1. The Balaban J connectivity index is 1.78. The number of aromatic nitrogens is 2. The van der Waals surface area contributed by atoms with Gasteiger partial charge < -0.3 is 13.9 Å². The third-order valence-corrected chi connectivity index (χ3v) is 6.85. The summed E-state index contributed by atoms with van der Waals surface area (Å²) in [7, 11) is 0.902. The van der Waals surface area contributed by atoms with Crippen molar-refractivity contribution in [2.24, 2.45) is 0 Å². The van der Waals surface area contributed by atoms with Gasteiger partial charge in [-0.1, -0.05) is 5.10 Å². The number of nitrogens with zero attached hydrogens (tertiary/aromatic N) is 3. The summed E-state index contributed by atoms with van der Waals surface area (Å²) in [6.07, 6.45) is 0. The highest BCUT2D eigenvalue weighted by Crippen LogP contribution is 2.33. The summed E-state index contributed by atoms with van der Waals surface area (Å²) < 4.78 is 42.4. The molecule has 0 saturated heterocycles. The molecule has 1 amide bonds. The molecule has 1 heterocycles. The summed E-state index contributed by atoms with van der Waals surface area (Å²) in [6.45, 7) is 3.55. The van der Waals surface area contributed by atoms with E-state index in [1.54, 1.807) is 32.0 Å². The third kappa shape index (κ3) is 4.73. The molecule has 1 aromatic heterocycles. The second-order valence-electron chi connectivity index (χ2n) is 7.07. The van der Waals surface area contributed by atoms with Gasteiger partial charge in [-0.15, -0.1) is 5.10 Å². The van der Waals surface area contributed by atoms with Gasteiger partial charge in [-0.05, 0) is 56.3 Å². The van der Waals surface area contributed by atoms with E-state index in [1.807, 2.05) is 0 Å². The minimum Gasteiger partial charge on any atom is -0.497 e. The SMILES string of the molecule is COc1ccc(OC)c(-c2nnc(NC(=O)c3ccc(S(=O)(=O)N(C)C(C)C)cc3)o2)c1. The van der Waals surface area contributed by atoms with E-state index >= 15 is 0 Å². The Morgan fingerprint density at radius 2 is 1.75 bits per heavy atom. The van der Waals surface area contributed by atoms with Crippen LogP contribution in [0.15, 0.2) is 51.8 Å². The number of nitrogens with one attached hydrogen (secondary N) is 1. The minimum absolute atomic E-state index is 0.0930. The van der Waals surface area contributed by atoms with Gasteiger partial charge in [0.05, 0.1) is 24.7 Å².